The molecule has 3 nitrogen and oxygen atoms in total. The Balaban J connectivity index is 0. The predicted molar refractivity (Wildman–Crippen MR) is 66.0 cm³/mol. The molecule has 0 unspecified atom stereocenters. The first kappa shape index (κ1) is 17.3. The van der Waals surface area contributed by atoms with Crippen LogP contribution in [0.25, 0.3) is 0 Å². The number of nitrogens with two attached hydrogens (primary N) is 1. The summed E-state index contributed by atoms with van der Waals surface area (Å²) in [5.41, 5.74) is 5.57. The van der Waals surface area contributed by atoms with Crippen LogP contribution in [0.15, 0.2) is 0 Å². The van der Waals surface area contributed by atoms with Crippen LogP contribution >= 0.6 is 0 Å². The Morgan fingerprint density at radius 1 is 0.867 bits per heavy atom. The smallest absolute Gasteiger partial charge is 0.0696 e. The molecule has 0 heterocycles. The molecule has 0 atom stereocenters. The summed E-state index contributed by atoms with van der Waals surface area (Å²) >= 11 is 0. The molecule has 0 aliphatic carbocycles. The van der Waals surface area contributed by atoms with Gasteiger partial charge in [0.2, 0.25) is 0 Å². The highest BCUT2D eigenvalue weighted by atomic mass is 16.5. The lowest BCUT2D eigenvalue weighted by atomic mass is 9.86. The monoisotopic (exact) mass is 219 g/mol. The Morgan fingerprint density at radius 2 is 1.20 bits per heavy atom. The molecule has 0 aromatic carbocycles. The van der Waals surface area contributed by atoms with E-state index in [-0.39, 0.29) is 0 Å². The minimum atomic E-state index is 0.691. The van der Waals surface area contributed by atoms with Crippen LogP contribution in [0.2, 0.25) is 0 Å². The molecule has 3 heteroatoms. The van der Waals surface area contributed by atoms with E-state index in [4.69, 9.17) is 5.73 Å². The lowest BCUT2D eigenvalue weighted by Gasteiger charge is -2.22. The second kappa shape index (κ2) is 12.0. The van der Waals surface area contributed by atoms with Crippen LogP contribution in [0.1, 0.15) is 27.7 Å². The average molecular weight is 219 g/mol. The average Bonchev–Trinajstić information content (AvgIpc) is 2.15. The molecule has 0 aliphatic rings. The Bertz CT molecular complexity index is 104. The molecule has 0 aromatic heterocycles. The maximum absolute atomic E-state index is 5.57. The predicted octanol–water partition coefficient (Wildman–Crippen LogP) is 2.15. The molecule has 0 radical (unpaired) electrons. The third kappa shape index (κ3) is 11.8. The Labute approximate surface area is 95.3 Å². The lowest BCUT2D eigenvalue weighted by Crippen LogP contribution is -2.24. The van der Waals surface area contributed by atoms with Gasteiger partial charge in [0.1, 0.15) is 0 Å². The molecule has 0 amide bonds. The minimum absolute atomic E-state index is 0.691. The molecule has 0 rings (SSSR count). The molecule has 0 aromatic rings. The lowest BCUT2D eigenvalue weighted by molar-refractivity contribution is 0.103. The quantitative estimate of drug-likeness (QED) is 0.696. The van der Waals surface area contributed by atoms with E-state index < -0.39 is 0 Å². The second-order valence-corrected chi connectivity index (χ2v) is 4.37. The number of methoxy groups -OCH3 is 2. The van der Waals surface area contributed by atoms with Crippen molar-refractivity contribution >= 4 is 0 Å². The van der Waals surface area contributed by atoms with Gasteiger partial charge in [-0.1, -0.05) is 27.7 Å². The van der Waals surface area contributed by atoms with Crippen LogP contribution in [-0.2, 0) is 9.47 Å². The highest BCUT2D eigenvalue weighted by molar-refractivity contribution is 4.66. The zero-order valence-electron chi connectivity index (χ0n) is 11.2. The van der Waals surface area contributed by atoms with Gasteiger partial charge in [0.05, 0.1) is 13.2 Å². The first-order chi connectivity index (χ1) is 7.01. The summed E-state index contributed by atoms with van der Waals surface area (Å²) in [6, 6.07) is 0. The van der Waals surface area contributed by atoms with Gasteiger partial charge in [0, 0.05) is 14.2 Å². The van der Waals surface area contributed by atoms with Crippen molar-refractivity contribution in [1.29, 1.82) is 0 Å². The molecule has 0 spiro atoms. The maximum atomic E-state index is 5.57. The van der Waals surface area contributed by atoms with E-state index >= 15 is 0 Å². The van der Waals surface area contributed by atoms with Crippen LogP contribution in [0, 0.1) is 17.8 Å². The summed E-state index contributed by atoms with van der Waals surface area (Å²) in [6.45, 7) is 11.1. The Morgan fingerprint density at radius 3 is 1.27 bits per heavy atom. The van der Waals surface area contributed by atoms with Crippen molar-refractivity contribution in [2.45, 2.75) is 27.7 Å². The molecule has 94 valence electrons. The molecule has 0 saturated carbocycles. The van der Waals surface area contributed by atoms with E-state index in [2.05, 4.69) is 37.2 Å². The van der Waals surface area contributed by atoms with E-state index in [1.165, 1.54) is 0 Å². The van der Waals surface area contributed by atoms with Gasteiger partial charge in [-0.2, -0.15) is 0 Å². The molecule has 2 N–H and O–H groups in total. The van der Waals surface area contributed by atoms with Gasteiger partial charge >= 0.3 is 0 Å². The van der Waals surface area contributed by atoms with Crippen molar-refractivity contribution in [3.05, 3.63) is 0 Å². The standard InChI is InChI=1S/C8H19N.C4H10O2/c1-6(2)8(5-9)7(3)4;1-5-3-4-6-2/h6-8H,5,9H2,1-4H3;3-4H2,1-2H3. The van der Waals surface area contributed by atoms with Gasteiger partial charge in [-0.05, 0) is 24.3 Å². The van der Waals surface area contributed by atoms with Gasteiger partial charge < -0.3 is 15.2 Å². The topological polar surface area (TPSA) is 44.5 Å². The van der Waals surface area contributed by atoms with E-state index in [1.807, 2.05) is 0 Å². The summed E-state index contributed by atoms with van der Waals surface area (Å²) in [4.78, 5) is 0. The van der Waals surface area contributed by atoms with Gasteiger partial charge in [0.25, 0.3) is 0 Å². The summed E-state index contributed by atoms with van der Waals surface area (Å²) < 4.78 is 9.31. The maximum Gasteiger partial charge on any atom is 0.0696 e. The highest BCUT2D eigenvalue weighted by Gasteiger charge is 2.14. The number of hydrogen-bond acceptors (Lipinski definition) is 3. The number of rotatable bonds is 6. The zero-order valence-corrected chi connectivity index (χ0v) is 11.2. The van der Waals surface area contributed by atoms with Crippen molar-refractivity contribution in [3.8, 4) is 0 Å². The summed E-state index contributed by atoms with van der Waals surface area (Å²) in [5.74, 6) is 2.16. The van der Waals surface area contributed by atoms with Crippen molar-refractivity contribution in [3.63, 3.8) is 0 Å². The first-order valence-electron chi connectivity index (χ1n) is 5.69. The first-order valence-corrected chi connectivity index (χ1v) is 5.69. The van der Waals surface area contributed by atoms with Crippen LogP contribution < -0.4 is 5.73 Å². The van der Waals surface area contributed by atoms with Gasteiger partial charge in [-0.15, -0.1) is 0 Å². The SMILES string of the molecule is CC(C)C(CN)C(C)C.COCCOC. The Hall–Kier alpha value is -0.120. The summed E-state index contributed by atoms with van der Waals surface area (Å²) in [7, 11) is 3.30. The van der Waals surface area contributed by atoms with Gasteiger partial charge in [-0.25, -0.2) is 0 Å². The van der Waals surface area contributed by atoms with Crippen LogP contribution in [0.4, 0.5) is 0 Å². The van der Waals surface area contributed by atoms with E-state index in [9.17, 15) is 0 Å². The zero-order chi connectivity index (χ0) is 12.3. The molecule has 0 saturated heterocycles. The fourth-order valence-corrected chi connectivity index (χ4v) is 1.48. The van der Waals surface area contributed by atoms with Gasteiger partial charge in [0.15, 0.2) is 0 Å². The largest absolute Gasteiger partial charge is 0.382 e. The molecule has 0 aliphatic heterocycles. The minimum Gasteiger partial charge on any atom is -0.382 e. The number of ether oxygens (including phenoxy) is 2. The van der Waals surface area contributed by atoms with E-state index in [0.717, 1.165) is 18.4 Å². The molecule has 15 heavy (non-hydrogen) atoms. The molecule has 0 bridgehead atoms. The van der Waals surface area contributed by atoms with Crippen molar-refractivity contribution < 1.29 is 9.47 Å². The third-order valence-electron chi connectivity index (χ3n) is 2.48. The van der Waals surface area contributed by atoms with Crippen LogP contribution in [-0.4, -0.2) is 34.0 Å². The van der Waals surface area contributed by atoms with Crippen molar-refractivity contribution in [2.75, 3.05) is 34.0 Å². The van der Waals surface area contributed by atoms with Crippen molar-refractivity contribution in [2.24, 2.45) is 23.5 Å². The van der Waals surface area contributed by atoms with Crippen LogP contribution in [0.3, 0.4) is 0 Å². The summed E-state index contributed by atoms with van der Waals surface area (Å²) in [5, 5.41) is 0. The number of hydrogen-bond donors (Lipinski definition) is 1. The van der Waals surface area contributed by atoms with Crippen LogP contribution in [0.5, 0.6) is 0 Å². The fraction of sp³-hybridized carbons (Fsp3) is 1.00. The third-order valence-corrected chi connectivity index (χ3v) is 2.48. The molecular formula is C12H29NO2. The van der Waals surface area contributed by atoms with Crippen molar-refractivity contribution in [1.82, 2.24) is 0 Å². The summed E-state index contributed by atoms with van der Waals surface area (Å²) in [6.07, 6.45) is 0. The van der Waals surface area contributed by atoms with E-state index in [0.29, 0.717) is 19.1 Å². The Kier molecular flexibility index (Phi) is 13.8. The van der Waals surface area contributed by atoms with Gasteiger partial charge in [-0.3, -0.25) is 0 Å². The fourth-order valence-electron chi connectivity index (χ4n) is 1.48. The van der Waals surface area contributed by atoms with E-state index in [1.54, 1.807) is 14.2 Å². The highest BCUT2D eigenvalue weighted by Crippen LogP contribution is 2.18. The normalized spacial score (nSPS) is 10.8. The molecule has 0 fully saturated rings. The second-order valence-electron chi connectivity index (χ2n) is 4.37. The molecular weight excluding hydrogens is 190 g/mol.